The molecule has 0 fully saturated rings. The normalized spacial score (nSPS) is 10.1. The molecule has 0 aliphatic rings. The third-order valence-corrected chi connectivity index (χ3v) is 2.27. The molecule has 6 heteroatoms. The molecule has 3 N–H and O–H groups in total. The predicted molar refractivity (Wildman–Crippen MR) is 64.0 cm³/mol. The molecule has 5 nitrogen and oxygen atoms in total. The van der Waals surface area contributed by atoms with Crippen molar-refractivity contribution in [1.82, 2.24) is 15.3 Å². The Bertz CT molecular complexity index is 539. The van der Waals surface area contributed by atoms with Gasteiger partial charge in [0.05, 0.1) is 12.4 Å². The minimum Gasteiger partial charge on any atom is -0.382 e. The Balaban J connectivity index is 1.96. The highest BCUT2D eigenvalue weighted by Gasteiger charge is 2.06. The van der Waals surface area contributed by atoms with Gasteiger partial charge in [0.25, 0.3) is 5.91 Å². The molecule has 92 valence electrons. The van der Waals surface area contributed by atoms with Crippen molar-refractivity contribution >= 4 is 11.7 Å². The van der Waals surface area contributed by atoms with E-state index in [1.807, 2.05) is 0 Å². The van der Waals surface area contributed by atoms with Crippen molar-refractivity contribution in [2.75, 3.05) is 5.73 Å². The van der Waals surface area contributed by atoms with Crippen molar-refractivity contribution < 1.29 is 9.18 Å². The molecule has 18 heavy (non-hydrogen) atoms. The summed E-state index contributed by atoms with van der Waals surface area (Å²) in [4.78, 5) is 19.3. The number of carbonyl (C=O) groups excluding carboxylic acids is 1. The first-order valence-corrected chi connectivity index (χ1v) is 5.25. The van der Waals surface area contributed by atoms with Gasteiger partial charge in [-0.25, -0.2) is 14.4 Å². The zero-order valence-corrected chi connectivity index (χ0v) is 9.43. The first kappa shape index (κ1) is 12.0. The standard InChI is InChI=1S/C12H11FN4O/c13-9-3-1-8(2-4-9)5-17-12(18)10-6-16-11(14)7-15-10/h1-4,6-7H,5H2,(H2,14,16)(H,17,18). The molecule has 0 atom stereocenters. The number of amides is 1. The van der Waals surface area contributed by atoms with E-state index in [0.717, 1.165) is 5.56 Å². The Morgan fingerprint density at radius 3 is 2.56 bits per heavy atom. The Morgan fingerprint density at radius 2 is 1.94 bits per heavy atom. The van der Waals surface area contributed by atoms with Gasteiger partial charge >= 0.3 is 0 Å². The van der Waals surface area contributed by atoms with Crippen LogP contribution in [0, 0.1) is 5.82 Å². The fraction of sp³-hybridized carbons (Fsp3) is 0.0833. The van der Waals surface area contributed by atoms with Crippen LogP contribution in [0.25, 0.3) is 0 Å². The van der Waals surface area contributed by atoms with Crippen molar-refractivity contribution in [2.45, 2.75) is 6.54 Å². The summed E-state index contributed by atoms with van der Waals surface area (Å²) in [6.45, 7) is 0.297. The average molecular weight is 246 g/mol. The molecular formula is C12H11FN4O. The van der Waals surface area contributed by atoms with Crippen LogP contribution in [0.4, 0.5) is 10.2 Å². The molecule has 0 radical (unpaired) electrons. The number of halogens is 1. The number of aromatic nitrogens is 2. The van der Waals surface area contributed by atoms with Crippen molar-refractivity contribution in [3.8, 4) is 0 Å². The second kappa shape index (κ2) is 5.22. The van der Waals surface area contributed by atoms with Crippen molar-refractivity contribution in [3.63, 3.8) is 0 Å². The average Bonchev–Trinajstić information content (AvgIpc) is 2.38. The van der Waals surface area contributed by atoms with E-state index < -0.39 is 0 Å². The third kappa shape index (κ3) is 3.00. The largest absolute Gasteiger partial charge is 0.382 e. The molecule has 0 aliphatic carbocycles. The molecule has 0 saturated heterocycles. The van der Waals surface area contributed by atoms with Gasteiger partial charge in [0, 0.05) is 6.54 Å². The minimum atomic E-state index is -0.355. The second-order valence-electron chi connectivity index (χ2n) is 3.64. The maximum Gasteiger partial charge on any atom is 0.271 e. The second-order valence-corrected chi connectivity index (χ2v) is 3.64. The van der Waals surface area contributed by atoms with Crippen LogP contribution in [0.3, 0.4) is 0 Å². The van der Waals surface area contributed by atoms with Crippen molar-refractivity contribution in [3.05, 3.63) is 53.7 Å². The number of carbonyl (C=O) groups is 1. The number of hydrogen-bond donors (Lipinski definition) is 2. The Morgan fingerprint density at radius 1 is 1.22 bits per heavy atom. The van der Waals surface area contributed by atoms with Crippen LogP contribution in [-0.4, -0.2) is 15.9 Å². The number of rotatable bonds is 3. The molecule has 0 saturated carbocycles. The van der Waals surface area contributed by atoms with Crippen LogP contribution in [-0.2, 0) is 6.54 Å². The Labute approximate surface area is 103 Å². The number of nitrogens with two attached hydrogens (primary N) is 1. The van der Waals surface area contributed by atoms with E-state index in [1.54, 1.807) is 12.1 Å². The topological polar surface area (TPSA) is 80.9 Å². The lowest BCUT2D eigenvalue weighted by Gasteiger charge is -2.04. The van der Waals surface area contributed by atoms with Crippen LogP contribution in [0.2, 0.25) is 0 Å². The molecule has 0 bridgehead atoms. The number of nitrogens with zero attached hydrogens (tertiary/aromatic N) is 2. The van der Waals surface area contributed by atoms with E-state index in [4.69, 9.17) is 5.73 Å². The highest BCUT2D eigenvalue weighted by Crippen LogP contribution is 2.03. The fourth-order valence-corrected chi connectivity index (χ4v) is 1.33. The van der Waals surface area contributed by atoms with Crippen molar-refractivity contribution in [2.24, 2.45) is 0 Å². The zero-order chi connectivity index (χ0) is 13.0. The molecular weight excluding hydrogens is 235 g/mol. The van der Waals surface area contributed by atoms with Gasteiger partial charge in [0.15, 0.2) is 0 Å². The summed E-state index contributed by atoms with van der Waals surface area (Å²) in [6, 6.07) is 5.88. The molecule has 1 aromatic heterocycles. The Hall–Kier alpha value is -2.50. The Kier molecular flexibility index (Phi) is 3.47. The summed E-state index contributed by atoms with van der Waals surface area (Å²) in [6.07, 6.45) is 2.61. The van der Waals surface area contributed by atoms with Gasteiger partial charge in [0.1, 0.15) is 17.3 Å². The third-order valence-electron chi connectivity index (χ3n) is 2.27. The zero-order valence-electron chi connectivity index (χ0n) is 9.43. The summed E-state index contributed by atoms with van der Waals surface area (Å²) >= 11 is 0. The van der Waals surface area contributed by atoms with Crippen LogP contribution in [0.1, 0.15) is 16.1 Å². The van der Waals surface area contributed by atoms with Gasteiger partial charge in [-0.05, 0) is 17.7 Å². The van der Waals surface area contributed by atoms with Crippen LogP contribution < -0.4 is 11.1 Å². The minimum absolute atomic E-state index is 0.186. The first-order valence-electron chi connectivity index (χ1n) is 5.25. The van der Waals surface area contributed by atoms with Gasteiger partial charge in [-0.3, -0.25) is 4.79 Å². The predicted octanol–water partition coefficient (Wildman–Crippen LogP) is 1.13. The van der Waals surface area contributed by atoms with Crippen LogP contribution in [0.5, 0.6) is 0 Å². The number of nitrogens with one attached hydrogen (secondary N) is 1. The van der Waals surface area contributed by atoms with E-state index in [-0.39, 0.29) is 23.2 Å². The molecule has 1 aromatic carbocycles. The van der Waals surface area contributed by atoms with E-state index in [9.17, 15) is 9.18 Å². The van der Waals surface area contributed by atoms with Crippen molar-refractivity contribution in [1.29, 1.82) is 0 Å². The van der Waals surface area contributed by atoms with Crippen LogP contribution >= 0.6 is 0 Å². The smallest absolute Gasteiger partial charge is 0.271 e. The molecule has 2 rings (SSSR count). The molecule has 0 aliphatic heterocycles. The molecule has 0 spiro atoms. The monoisotopic (exact) mass is 246 g/mol. The van der Waals surface area contributed by atoms with E-state index >= 15 is 0 Å². The van der Waals surface area contributed by atoms with E-state index in [2.05, 4.69) is 15.3 Å². The number of hydrogen-bond acceptors (Lipinski definition) is 4. The quantitative estimate of drug-likeness (QED) is 0.850. The SMILES string of the molecule is Nc1cnc(C(=O)NCc2ccc(F)cc2)cn1. The number of nitrogen functional groups attached to an aromatic ring is 1. The lowest BCUT2D eigenvalue weighted by molar-refractivity contribution is 0.0945. The highest BCUT2D eigenvalue weighted by molar-refractivity contribution is 5.91. The summed E-state index contributed by atoms with van der Waals surface area (Å²) < 4.78 is 12.7. The summed E-state index contributed by atoms with van der Waals surface area (Å²) in [5.41, 5.74) is 6.35. The lowest BCUT2D eigenvalue weighted by Crippen LogP contribution is -2.24. The number of anilines is 1. The summed E-state index contributed by atoms with van der Waals surface area (Å²) in [5, 5.41) is 2.65. The molecule has 1 heterocycles. The van der Waals surface area contributed by atoms with E-state index in [0.29, 0.717) is 6.54 Å². The highest BCUT2D eigenvalue weighted by atomic mass is 19.1. The van der Waals surface area contributed by atoms with Crippen LogP contribution in [0.15, 0.2) is 36.7 Å². The lowest BCUT2D eigenvalue weighted by atomic mass is 10.2. The van der Waals surface area contributed by atoms with Gasteiger partial charge < -0.3 is 11.1 Å². The molecule has 0 unspecified atom stereocenters. The summed E-state index contributed by atoms with van der Waals surface area (Å²) in [5.74, 6) is -0.411. The van der Waals surface area contributed by atoms with E-state index in [1.165, 1.54) is 24.5 Å². The fourth-order valence-electron chi connectivity index (χ4n) is 1.33. The maximum atomic E-state index is 12.7. The van der Waals surface area contributed by atoms with Gasteiger partial charge in [0.2, 0.25) is 0 Å². The van der Waals surface area contributed by atoms with Gasteiger partial charge in [-0.1, -0.05) is 12.1 Å². The maximum absolute atomic E-state index is 12.7. The first-order chi connectivity index (χ1) is 8.65. The van der Waals surface area contributed by atoms with Gasteiger partial charge in [-0.2, -0.15) is 0 Å². The number of benzene rings is 1. The molecule has 1 amide bonds. The summed E-state index contributed by atoms with van der Waals surface area (Å²) in [7, 11) is 0. The van der Waals surface area contributed by atoms with Gasteiger partial charge in [-0.15, -0.1) is 0 Å². The molecule has 2 aromatic rings.